The highest BCUT2D eigenvalue weighted by Crippen LogP contribution is 2.25. The predicted octanol–water partition coefficient (Wildman–Crippen LogP) is 5.17. The van der Waals surface area contributed by atoms with Gasteiger partial charge in [0.1, 0.15) is 0 Å². The normalized spacial score (nSPS) is 16.8. The molecule has 0 aromatic heterocycles. The molecule has 0 bridgehead atoms. The van der Waals surface area contributed by atoms with Gasteiger partial charge in [0, 0.05) is 0 Å². The molecule has 0 aliphatic carbocycles. The molecule has 3 atom stereocenters. The standard InChI is InChI=1S/C16H34O/c1-5-9-10-12-15(8-4)16(17)13-14(7-3)11-6-2/h14-17H,5-13H2,1-4H3. The Morgan fingerprint density at radius 2 is 1.53 bits per heavy atom. The van der Waals surface area contributed by atoms with Crippen molar-refractivity contribution in [3.8, 4) is 0 Å². The Labute approximate surface area is 109 Å². The van der Waals surface area contributed by atoms with Crippen molar-refractivity contribution in [2.24, 2.45) is 11.8 Å². The summed E-state index contributed by atoms with van der Waals surface area (Å²) in [6, 6.07) is 0. The SMILES string of the molecule is CCCCCC(CC)C(O)CC(CC)CCC. The van der Waals surface area contributed by atoms with Crippen LogP contribution in [0.5, 0.6) is 0 Å². The van der Waals surface area contributed by atoms with Crippen LogP contribution in [0.25, 0.3) is 0 Å². The monoisotopic (exact) mass is 242 g/mol. The largest absolute Gasteiger partial charge is 0.393 e. The first-order chi connectivity index (χ1) is 8.19. The molecule has 0 aliphatic rings. The van der Waals surface area contributed by atoms with Gasteiger partial charge in [-0.1, -0.05) is 72.6 Å². The molecular formula is C16H34O. The zero-order valence-electron chi connectivity index (χ0n) is 12.5. The predicted molar refractivity (Wildman–Crippen MR) is 77.2 cm³/mol. The van der Waals surface area contributed by atoms with Gasteiger partial charge in [-0.25, -0.2) is 0 Å². The fraction of sp³-hybridized carbons (Fsp3) is 1.00. The molecule has 1 N–H and O–H groups in total. The minimum absolute atomic E-state index is 0.0617. The van der Waals surface area contributed by atoms with Gasteiger partial charge < -0.3 is 5.11 Å². The smallest absolute Gasteiger partial charge is 0.0570 e. The summed E-state index contributed by atoms with van der Waals surface area (Å²) in [5.41, 5.74) is 0. The molecule has 0 heterocycles. The third kappa shape index (κ3) is 7.81. The van der Waals surface area contributed by atoms with Crippen LogP contribution >= 0.6 is 0 Å². The maximum Gasteiger partial charge on any atom is 0.0570 e. The van der Waals surface area contributed by atoms with Crippen molar-refractivity contribution in [1.82, 2.24) is 0 Å². The van der Waals surface area contributed by atoms with Gasteiger partial charge in [-0.3, -0.25) is 0 Å². The van der Waals surface area contributed by atoms with Gasteiger partial charge in [0.2, 0.25) is 0 Å². The van der Waals surface area contributed by atoms with Gasteiger partial charge >= 0.3 is 0 Å². The Kier molecular flexibility index (Phi) is 11.0. The molecule has 0 amide bonds. The van der Waals surface area contributed by atoms with Crippen molar-refractivity contribution in [2.75, 3.05) is 0 Å². The third-order valence-electron chi connectivity index (χ3n) is 4.10. The maximum atomic E-state index is 10.3. The van der Waals surface area contributed by atoms with Crippen LogP contribution in [0.15, 0.2) is 0 Å². The fourth-order valence-corrected chi connectivity index (χ4v) is 2.76. The Bertz CT molecular complexity index is 156. The van der Waals surface area contributed by atoms with E-state index in [9.17, 15) is 5.11 Å². The molecule has 104 valence electrons. The second-order valence-corrected chi connectivity index (χ2v) is 5.53. The average Bonchev–Trinajstić information content (AvgIpc) is 2.34. The molecule has 0 aromatic carbocycles. The number of unbranched alkanes of at least 4 members (excludes halogenated alkanes) is 2. The highest BCUT2D eigenvalue weighted by Gasteiger charge is 2.20. The number of hydrogen-bond donors (Lipinski definition) is 1. The van der Waals surface area contributed by atoms with Gasteiger partial charge in [0.15, 0.2) is 0 Å². The second kappa shape index (κ2) is 11.1. The summed E-state index contributed by atoms with van der Waals surface area (Å²) >= 11 is 0. The summed E-state index contributed by atoms with van der Waals surface area (Å²) in [7, 11) is 0. The summed E-state index contributed by atoms with van der Waals surface area (Å²) in [5.74, 6) is 1.27. The van der Waals surface area contributed by atoms with Crippen molar-refractivity contribution in [1.29, 1.82) is 0 Å². The molecular weight excluding hydrogens is 208 g/mol. The van der Waals surface area contributed by atoms with E-state index in [1.165, 1.54) is 44.9 Å². The van der Waals surface area contributed by atoms with Crippen molar-refractivity contribution in [2.45, 2.75) is 91.6 Å². The molecule has 0 spiro atoms. The fourth-order valence-electron chi connectivity index (χ4n) is 2.76. The summed E-state index contributed by atoms with van der Waals surface area (Å²) in [5, 5.41) is 10.3. The zero-order chi connectivity index (χ0) is 13.1. The van der Waals surface area contributed by atoms with Crippen LogP contribution in [0.4, 0.5) is 0 Å². The van der Waals surface area contributed by atoms with Crippen LogP contribution in [0.1, 0.15) is 85.5 Å². The summed E-state index contributed by atoms with van der Waals surface area (Å²) < 4.78 is 0. The lowest BCUT2D eigenvalue weighted by Gasteiger charge is -2.25. The van der Waals surface area contributed by atoms with E-state index in [-0.39, 0.29) is 6.10 Å². The summed E-state index contributed by atoms with van der Waals surface area (Å²) in [6.45, 7) is 8.96. The van der Waals surface area contributed by atoms with E-state index in [1.54, 1.807) is 0 Å². The van der Waals surface area contributed by atoms with Crippen LogP contribution in [0, 0.1) is 11.8 Å². The molecule has 0 aromatic rings. The first-order valence-electron chi connectivity index (χ1n) is 7.87. The highest BCUT2D eigenvalue weighted by molar-refractivity contribution is 4.71. The first kappa shape index (κ1) is 17.0. The lowest BCUT2D eigenvalue weighted by Crippen LogP contribution is -2.23. The Balaban J connectivity index is 3.99. The molecule has 1 nitrogen and oxygen atoms in total. The molecule has 17 heavy (non-hydrogen) atoms. The molecule has 0 saturated carbocycles. The van der Waals surface area contributed by atoms with Crippen LogP contribution in [0.2, 0.25) is 0 Å². The molecule has 0 radical (unpaired) electrons. The van der Waals surface area contributed by atoms with E-state index in [0.717, 1.165) is 18.8 Å². The minimum atomic E-state index is -0.0617. The zero-order valence-corrected chi connectivity index (χ0v) is 12.5. The Morgan fingerprint density at radius 1 is 0.824 bits per heavy atom. The Hall–Kier alpha value is -0.0400. The minimum Gasteiger partial charge on any atom is -0.393 e. The summed E-state index contributed by atoms with van der Waals surface area (Å²) in [6.07, 6.45) is 10.9. The van der Waals surface area contributed by atoms with Crippen LogP contribution in [-0.2, 0) is 0 Å². The number of aliphatic hydroxyl groups excluding tert-OH is 1. The quantitative estimate of drug-likeness (QED) is 0.496. The van der Waals surface area contributed by atoms with Gasteiger partial charge in [-0.15, -0.1) is 0 Å². The van der Waals surface area contributed by atoms with E-state index in [2.05, 4.69) is 27.7 Å². The molecule has 1 heteroatoms. The molecule has 0 fully saturated rings. The second-order valence-electron chi connectivity index (χ2n) is 5.53. The van der Waals surface area contributed by atoms with Crippen LogP contribution in [0.3, 0.4) is 0 Å². The molecule has 3 unspecified atom stereocenters. The van der Waals surface area contributed by atoms with Crippen molar-refractivity contribution in [3.63, 3.8) is 0 Å². The number of rotatable bonds is 11. The van der Waals surface area contributed by atoms with E-state index in [0.29, 0.717) is 5.92 Å². The van der Waals surface area contributed by atoms with Crippen molar-refractivity contribution >= 4 is 0 Å². The van der Waals surface area contributed by atoms with E-state index in [4.69, 9.17) is 0 Å². The van der Waals surface area contributed by atoms with E-state index < -0.39 is 0 Å². The van der Waals surface area contributed by atoms with Crippen molar-refractivity contribution < 1.29 is 5.11 Å². The summed E-state index contributed by atoms with van der Waals surface area (Å²) in [4.78, 5) is 0. The van der Waals surface area contributed by atoms with Gasteiger partial charge in [-0.2, -0.15) is 0 Å². The molecule has 0 rings (SSSR count). The van der Waals surface area contributed by atoms with Crippen LogP contribution in [-0.4, -0.2) is 11.2 Å². The van der Waals surface area contributed by atoms with Gasteiger partial charge in [-0.05, 0) is 24.7 Å². The maximum absolute atomic E-state index is 10.3. The Morgan fingerprint density at radius 3 is 2.00 bits per heavy atom. The lowest BCUT2D eigenvalue weighted by molar-refractivity contribution is 0.0712. The van der Waals surface area contributed by atoms with Gasteiger partial charge in [0.05, 0.1) is 6.10 Å². The van der Waals surface area contributed by atoms with E-state index >= 15 is 0 Å². The number of aliphatic hydroxyl groups is 1. The topological polar surface area (TPSA) is 20.2 Å². The highest BCUT2D eigenvalue weighted by atomic mass is 16.3. The average molecular weight is 242 g/mol. The third-order valence-corrected chi connectivity index (χ3v) is 4.10. The van der Waals surface area contributed by atoms with Crippen molar-refractivity contribution in [3.05, 3.63) is 0 Å². The van der Waals surface area contributed by atoms with Crippen LogP contribution < -0.4 is 0 Å². The van der Waals surface area contributed by atoms with E-state index in [1.807, 2.05) is 0 Å². The molecule has 0 aliphatic heterocycles. The first-order valence-corrected chi connectivity index (χ1v) is 7.87. The number of hydrogen-bond acceptors (Lipinski definition) is 1. The molecule has 0 saturated heterocycles. The van der Waals surface area contributed by atoms with Gasteiger partial charge in [0.25, 0.3) is 0 Å². The lowest BCUT2D eigenvalue weighted by atomic mass is 9.85.